The zero-order chi connectivity index (χ0) is 12.4. The molecule has 0 aliphatic carbocycles. The van der Waals surface area contributed by atoms with Gasteiger partial charge in [0, 0.05) is 17.5 Å². The van der Waals surface area contributed by atoms with Gasteiger partial charge in [-0.3, -0.25) is 4.79 Å². The number of hydrogen-bond donors (Lipinski definition) is 3. The number of carboxylic acid groups (broad SMARTS) is 1. The van der Waals surface area contributed by atoms with Gasteiger partial charge in [0.15, 0.2) is 0 Å². The molecule has 1 aromatic rings. The van der Waals surface area contributed by atoms with E-state index in [4.69, 9.17) is 5.11 Å². The van der Waals surface area contributed by atoms with Crippen molar-refractivity contribution in [1.29, 1.82) is 0 Å². The molecular formula is C11H9FN2O3. The first-order chi connectivity index (χ1) is 8.06. The minimum absolute atomic E-state index is 0.215. The summed E-state index contributed by atoms with van der Waals surface area (Å²) in [5.74, 6) is -2.34. The molecule has 0 radical (unpaired) electrons. The molecule has 1 aromatic carbocycles. The number of hydrogen-bond acceptors (Lipinski definition) is 3. The molecule has 1 aliphatic heterocycles. The minimum atomic E-state index is -1.33. The Morgan fingerprint density at radius 3 is 2.82 bits per heavy atom. The molecule has 6 heteroatoms. The van der Waals surface area contributed by atoms with E-state index in [1.54, 1.807) is 0 Å². The van der Waals surface area contributed by atoms with Crippen LogP contribution in [0.4, 0.5) is 10.1 Å². The van der Waals surface area contributed by atoms with Gasteiger partial charge in [0.1, 0.15) is 5.82 Å². The Morgan fingerprint density at radius 2 is 2.24 bits per heavy atom. The minimum Gasteiger partial charge on any atom is -0.478 e. The normalized spacial score (nSPS) is 14.2. The fourth-order valence-corrected chi connectivity index (χ4v) is 1.48. The van der Waals surface area contributed by atoms with Crippen molar-refractivity contribution in [3.05, 3.63) is 41.4 Å². The van der Waals surface area contributed by atoms with E-state index in [1.165, 1.54) is 18.2 Å². The molecule has 1 aliphatic rings. The van der Waals surface area contributed by atoms with Gasteiger partial charge in [-0.25, -0.2) is 9.18 Å². The molecule has 0 spiro atoms. The lowest BCUT2D eigenvalue weighted by molar-refractivity contribution is -0.115. The molecule has 88 valence electrons. The summed E-state index contributed by atoms with van der Waals surface area (Å²) in [5.41, 5.74) is 0.623. The lowest BCUT2D eigenvalue weighted by Crippen LogP contribution is -2.16. The van der Waals surface area contributed by atoms with E-state index in [0.717, 1.165) is 6.07 Å². The highest BCUT2D eigenvalue weighted by atomic mass is 19.1. The van der Waals surface area contributed by atoms with Crippen LogP contribution in [0.3, 0.4) is 0 Å². The SMILES string of the molecule is O=C1C=C(Nc2ccc(F)c(C(=O)O)c2)CN1. The van der Waals surface area contributed by atoms with Gasteiger partial charge in [-0.1, -0.05) is 0 Å². The van der Waals surface area contributed by atoms with Gasteiger partial charge >= 0.3 is 5.97 Å². The molecule has 0 fully saturated rings. The second-order valence-corrected chi connectivity index (χ2v) is 3.51. The maximum absolute atomic E-state index is 13.1. The molecule has 1 heterocycles. The number of amides is 1. The van der Waals surface area contributed by atoms with Crippen molar-refractivity contribution < 1.29 is 19.1 Å². The Labute approximate surface area is 95.9 Å². The summed E-state index contributed by atoms with van der Waals surface area (Å²) in [4.78, 5) is 21.6. The number of benzene rings is 1. The highest BCUT2D eigenvalue weighted by Gasteiger charge is 2.13. The van der Waals surface area contributed by atoms with Gasteiger partial charge in [-0.2, -0.15) is 0 Å². The van der Waals surface area contributed by atoms with Crippen molar-refractivity contribution in [3.8, 4) is 0 Å². The van der Waals surface area contributed by atoms with E-state index < -0.39 is 17.3 Å². The van der Waals surface area contributed by atoms with Crippen LogP contribution in [0.1, 0.15) is 10.4 Å². The number of carboxylic acids is 1. The van der Waals surface area contributed by atoms with Crippen LogP contribution < -0.4 is 10.6 Å². The van der Waals surface area contributed by atoms with E-state index in [2.05, 4.69) is 10.6 Å². The third kappa shape index (κ3) is 2.41. The quantitative estimate of drug-likeness (QED) is 0.730. The van der Waals surface area contributed by atoms with Gasteiger partial charge < -0.3 is 15.7 Å². The van der Waals surface area contributed by atoms with Crippen LogP contribution in [0.15, 0.2) is 30.0 Å². The third-order valence-corrected chi connectivity index (χ3v) is 2.26. The van der Waals surface area contributed by atoms with Crippen LogP contribution in [0, 0.1) is 5.82 Å². The van der Waals surface area contributed by atoms with Gasteiger partial charge in [0.05, 0.1) is 12.1 Å². The van der Waals surface area contributed by atoms with Crippen molar-refractivity contribution >= 4 is 17.6 Å². The topological polar surface area (TPSA) is 78.4 Å². The third-order valence-electron chi connectivity index (χ3n) is 2.26. The van der Waals surface area contributed by atoms with Gasteiger partial charge in [-0.05, 0) is 18.2 Å². The van der Waals surface area contributed by atoms with Crippen molar-refractivity contribution in [1.82, 2.24) is 5.32 Å². The number of halogens is 1. The number of nitrogens with one attached hydrogen (secondary N) is 2. The molecule has 0 unspecified atom stereocenters. The molecule has 0 atom stereocenters. The molecule has 1 amide bonds. The molecule has 0 bridgehead atoms. The average Bonchev–Trinajstić information content (AvgIpc) is 2.66. The highest BCUT2D eigenvalue weighted by molar-refractivity contribution is 5.92. The summed E-state index contributed by atoms with van der Waals surface area (Å²) in [6.07, 6.45) is 1.36. The monoisotopic (exact) mass is 236 g/mol. The number of carbonyl (C=O) groups excluding carboxylic acids is 1. The lowest BCUT2D eigenvalue weighted by Gasteiger charge is -2.07. The maximum Gasteiger partial charge on any atom is 0.338 e. The van der Waals surface area contributed by atoms with E-state index in [1.807, 2.05) is 0 Å². The Balaban J connectivity index is 2.22. The van der Waals surface area contributed by atoms with Crippen molar-refractivity contribution in [2.24, 2.45) is 0 Å². The first-order valence-electron chi connectivity index (χ1n) is 4.84. The molecule has 0 saturated carbocycles. The van der Waals surface area contributed by atoms with Crippen LogP contribution >= 0.6 is 0 Å². The lowest BCUT2D eigenvalue weighted by atomic mass is 10.2. The second-order valence-electron chi connectivity index (χ2n) is 3.51. The zero-order valence-electron chi connectivity index (χ0n) is 8.66. The second kappa shape index (κ2) is 4.25. The molecule has 2 rings (SSSR count). The van der Waals surface area contributed by atoms with Gasteiger partial charge in [0.25, 0.3) is 0 Å². The standard InChI is InChI=1S/C11H9FN2O3/c12-9-2-1-6(3-8(9)11(16)17)14-7-4-10(15)13-5-7/h1-4,14H,5H2,(H,13,15)(H,16,17). The smallest absolute Gasteiger partial charge is 0.338 e. The van der Waals surface area contributed by atoms with Crippen LogP contribution in [-0.4, -0.2) is 23.5 Å². The highest BCUT2D eigenvalue weighted by Crippen LogP contribution is 2.17. The summed E-state index contributed by atoms with van der Waals surface area (Å²) in [7, 11) is 0. The Kier molecular flexibility index (Phi) is 2.78. The van der Waals surface area contributed by atoms with Gasteiger partial charge in [0.2, 0.25) is 5.91 Å². The molecule has 0 aromatic heterocycles. The van der Waals surface area contributed by atoms with Crippen molar-refractivity contribution in [2.75, 3.05) is 11.9 Å². The first kappa shape index (κ1) is 11.1. The fourth-order valence-electron chi connectivity index (χ4n) is 1.48. The number of rotatable bonds is 3. The maximum atomic E-state index is 13.1. The van der Waals surface area contributed by atoms with Crippen LogP contribution in [0.2, 0.25) is 0 Å². The van der Waals surface area contributed by atoms with Gasteiger partial charge in [-0.15, -0.1) is 0 Å². The zero-order valence-corrected chi connectivity index (χ0v) is 8.66. The number of aromatic carboxylic acids is 1. The van der Waals surface area contributed by atoms with E-state index in [-0.39, 0.29) is 5.91 Å². The Hall–Kier alpha value is -2.37. The predicted octanol–water partition coefficient (Wildman–Crippen LogP) is 0.950. The number of anilines is 1. The Morgan fingerprint density at radius 1 is 1.47 bits per heavy atom. The Bertz CT molecular complexity index is 525. The predicted molar refractivity (Wildman–Crippen MR) is 58.1 cm³/mol. The summed E-state index contributed by atoms with van der Waals surface area (Å²) < 4.78 is 13.1. The first-order valence-corrected chi connectivity index (χ1v) is 4.84. The van der Waals surface area contributed by atoms with Crippen LogP contribution in [-0.2, 0) is 4.79 Å². The number of carbonyl (C=O) groups is 2. The summed E-state index contributed by atoms with van der Waals surface area (Å²) in [6.45, 7) is 0.346. The van der Waals surface area contributed by atoms with Crippen molar-refractivity contribution in [2.45, 2.75) is 0 Å². The molecule has 3 N–H and O–H groups in total. The van der Waals surface area contributed by atoms with E-state index in [9.17, 15) is 14.0 Å². The fraction of sp³-hybridized carbons (Fsp3) is 0.0909. The van der Waals surface area contributed by atoms with E-state index in [0.29, 0.717) is 17.9 Å². The average molecular weight is 236 g/mol. The van der Waals surface area contributed by atoms with Crippen LogP contribution in [0.25, 0.3) is 0 Å². The van der Waals surface area contributed by atoms with E-state index >= 15 is 0 Å². The summed E-state index contributed by atoms with van der Waals surface area (Å²) in [5, 5.41) is 14.1. The molecule has 5 nitrogen and oxygen atoms in total. The largest absolute Gasteiger partial charge is 0.478 e. The van der Waals surface area contributed by atoms with Crippen molar-refractivity contribution in [3.63, 3.8) is 0 Å². The summed E-state index contributed by atoms with van der Waals surface area (Å²) in [6, 6.07) is 3.66. The van der Waals surface area contributed by atoms with Crippen LogP contribution in [0.5, 0.6) is 0 Å². The molecule has 0 saturated heterocycles. The molecular weight excluding hydrogens is 227 g/mol. The summed E-state index contributed by atoms with van der Waals surface area (Å²) >= 11 is 0. The molecule has 17 heavy (non-hydrogen) atoms.